The number of aryl methyl sites for hydroxylation is 3. The van der Waals surface area contributed by atoms with Crippen LogP contribution in [0.2, 0.25) is 0 Å². The number of imidazole rings is 1. The van der Waals surface area contributed by atoms with E-state index in [4.69, 9.17) is 0 Å². The predicted molar refractivity (Wildman–Crippen MR) is 74.3 cm³/mol. The molecule has 0 N–H and O–H groups in total. The molecule has 1 aliphatic carbocycles. The topological polar surface area (TPSA) is 34.9 Å². The molecule has 2 aromatic rings. The number of benzene rings is 1. The van der Waals surface area contributed by atoms with Gasteiger partial charge in [-0.25, -0.2) is 4.98 Å². The van der Waals surface area contributed by atoms with E-state index < -0.39 is 0 Å². The fourth-order valence-corrected chi connectivity index (χ4v) is 2.68. The van der Waals surface area contributed by atoms with Crippen LogP contribution in [0.25, 0.3) is 0 Å². The lowest BCUT2D eigenvalue weighted by molar-refractivity contribution is 0.0994. The maximum absolute atomic E-state index is 11.7. The average molecular weight is 254 g/mol. The number of nitrogens with zero attached hydrogens (tertiary/aromatic N) is 2. The molecule has 3 rings (SSSR count). The van der Waals surface area contributed by atoms with E-state index in [1.54, 1.807) is 0 Å². The van der Waals surface area contributed by atoms with E-state index in [2.05, 4.69) is 27.8 Å². The number of rotatable bonds is 5. The maximum atomic E-state index is 11.7. The highest BCUT2D eigenvalue weighted by Crippen LogP contribution is 2.23. The molecule has 19 heavy (non-hydrogen) atoms. The van der Waals surface area contributed by atoms with Gasteiger partial charge in [0, 0.05) is 30.9 Å². The third kappa shape index (κ3) is 2.75. The molecule has 1 aromatic heterocycles. The molecule has 0 atom stereocenters. The molecule has 0 saturated carbocycles. The lowest BCUT2D eigenvalue weighted by Gasteiger charge is -2.05. The van der Waals surface area contributed by atoms with Crippen molar-refractivity contribution in [1.82, 2.24) is 9.55 Å². The van der Waals surface area contributed by atoms with Gasteiger partial charge in [0.1, 0.15) is 0 Å². The number of carbonyl (C=O) groups is 1. The van der Waals surface area contributed by atoms with Crippen molar-refractivity contribution < 1.29 is 4.79 Å². The summed E-state index contributed by atoms with van der Waals surface area (Å²) < 4.78 is 2.10. The summed E-state index contributed by atoms with van der Waals surface area (Å²) in [5.74, 6) is 0.315. The largest absolute Gasteiger partial charge is 0.337 e. The molecule has 1 aliphatic rings. The van der Waals surface area contributed by atoms with Gasteiger partial charge in [-0.2, -0.15) is 0 Å². The van der Waals surface area contributed by atoms with E-state index in [0.29, 0.717) is 12.2 Å². The van der Waals surface area contributed by atoms with Gasteiger partial charge in [0.15, 0.2) is 5.78 Å². The summed E-state index contributed by atoms with van der Waals surface area (Å²) in [5.41, 5.74) is 3.49. The van der Waals surface area contributed by atoms with E-state index in [0.717, 1.165) is 37.8 Å². The van der Waals surface area contributed by atoms with Crippen LogP contribution < -0.4 is 0 Å². The van der Waals surface area contributed by atoms with Crippen molar-refractivity contribution in [1.29, 1.82) is 0 Å². The van der Waals surface area contributed by atoms with Crippen LogP contribution in [0.1, 0.15) is 40.7 Å². The van der Waals surface area contributed by atoms with Crippen LogP contribution in [0.15, 0.2) is 36.9 Å². The summed E-state index contributed by atoms with van der Waals surface area (Å²) in [5, 5.41) is 0. The summed E-state index contributed by atoms with van der Waals surface area (Å²) in [4.78, 5) is 15.7. The first-order valence-electron chi connectivity index (χ1n) is 6.94. The molecular formula is C16H18N2O. The summed E-state index contributed by atoms with van der Waals surface area (Å²) in [7, 11) is 0. The number of hydrogen-bond acceptors (Lipinski definition) is 2. The molecule has 1 heterocycles. The lowest BCUT2D eigenvalue weighted by atomic mass is 10.0. The van der Waals surface area contributed by atoms with Gasteiger partial charge in [0.05, 0.1) is 6.33 Å². The van der Waals surface area contributed by atoms with Crippen LogP contribution in [-0.2, 0) is 19.4 Å². The van der Waals surface area contributed by atoms with E-state index in [1.165, 1.54) is 11.1 Å². The van der Waals surface area contributed by atoms with Gasteiger partial charge in [-0.15, -0.1) is 0 Å². The van der Waals surface area contributed by atoms with E-state index in [9.17, 15) is 4.79 Å². The third-order valence-corrected chi connectivity index (χ3v) is 3.79. The molecule has 0 spiro atoms. The Morgan fingerprint density at radius 1 is 1.21 bits per heavy atom. The number of fused-ring (bicyclic) bond motifs is 1. The Morgan fingerprint density at radius 3 is 3.00 bits per heavy atom. The van der Waals surface area contributed by atoms with Crippen molar-refractivity contribution in [3.63, 3.8) is 0 Å². The van der Waals surface area contributed by atoms with E-state index >= 15 is 0 Å². The number of unbranched alkanes of at least 4 members (excludes halogenated alkanes) is 1. The zero-order valence-electron chi connectivity index (χ0n) is 11.0. The maximum Gasteiger partial charge on any atom is 0.163 e. The van der Waals surface area contributed by atoms with E-state index in [-0.39, 0.29) is 0 Å². The Labute approximate surface area is 113 Å². The van der Waals surface area contributed by atoms with Crippen LogP contribution in [0, 0.1) is 0 Å². The number of hydrogen-bond donors (Lipinski definition) is 0. The van der Waals surface area contributed by atoms with E-state index in [1.807, 2.05) is 18.7 Å². The molecular weight excluding hydrogens is 236 g/mol. The van der Waals surface area contributed by atoms with Crippen LogP contribution >= 0.6 is 0 Å². The number of aromatic nitrogens is 2. The molecule has 0 saturated heterocycles. The monoisotopic (exact) mass is 254 g/mol. The molecule has 3 heteroatoms. The second-order valence-electron chi connectivity index (χ2n) is 5.17. The minimum Gasteiger partial charge on any atom is -0.337 e. The fraction of sp³-hybridized carbons (Fsp3) is 0.375. The van der Waals surface area contributed by atoms with Gasteiger partial charge >= 0.3 is 0 Å². The Morgan fingerprint density at radius 2 is 2.16 bits per heavy atom. The first-order valence-corrected chi connectivity index (χ1v) is 6.94. The Bertz CT molecular complexity index is 572. The van der Waals surface area contributed by atoms with Crippen molar-refractivity contribution >= 4 is 5.78 Å². The molecule has 3 nitrogen and oxygen atoms in total. The normalized spacial score (nSPS) is 13.8. The summed E-state index contributed by atoms with van der Waals surface area (Å²) in [6, 6.07) is 6.40. The van der Waals surface area contributed by atoms with Crippen molar-refractivity contribution in [2.24, 2.45) is 0 Å². The third-order valence-electron chi connectivity index (χ3n) is 3.79. The zero-order chi connectivity index (χ0) is 13.1. The SMILES string of the molecule is O=C1CCc2ccc(CCCCn3ccnc3)cc21. The Hall–Kier alpha value is -1.90. The average Bonchev–Trinajstić information content (AvgIpc) is 3.06. The summed E-state index contributed by atoms with van der Waals surface area (Å²) >= 11 is 0. The minimum atomic E-state index is 0.315. The number of ketones is 1. The Balaban J connectivity index is 1.53. The summed E-state index contributed by atoms with van der Waals surface area (Å²) in [6.45, 7) is 1.02. The molecule has 0 fully saturated rings. The van der Waals surface area contributed by atoms with Crippen molar-refractivity contribution in [2.45, 2.75) is 38.6 Å². The molecule has 0 bridgehead atoms. The van der Waals surface area contributed by atoms with Crippen LogP contribution in [0.4, 0.5) is 0 Å². The second-order valence-corrected chi connectivity index (χ2v) is 5.17. The van der Waals surface area contributed by atoms with Crippen LogP contribution in [0.3, 0.4) is 0 Å². The van der Waals surface area contributed by atoms with Gasteiger partial charge < -0.3 is 4.57 Å². The molecule has 98 valence electrons. The van der Waals surface area contributed by atoms with Crippen molar-refractivity contribution in [3.8, 4) is 0 Å². The lowest BCUT2D eigenvalue weighted by Crippen LogP contribution is -1.97. The van der Waals surface area contributed by atoms with Crippen molar-refractivity contribution in [3.05, 3.63) is 53.6 Å². The predicted octanol–water partition coefficient (Wildman–Crippen LogP) is 3.03. The Kier molecular flexibility index (Phi) is 3.45. The smallest absolute Gasteiger partial charge is 0.163 e. The van der Waals surface area contributed by atoms with Gasteiger partial charge in [0.2, 0.25) is 0 Å². The molecule has 0 aliphatic heterocycles. The van der Waals surface area contributed by atoms with Crippen LogP contribution in [0.5, 0.6) is 0 Å². The molecule has 0 unspecified atom stereocenters. The molecule has 1 aromatic carbocycles. The highest BCUT2D eigenvalue weighted by atomic mass is 16.1. The fourth-order valence-electron chi connectivity index (χ4n) is 2.68. The standard InChI is InChI=1S/C16H18N2O/c19-16-7-6-14-5-4-13(11-15(14)16)3-1-2-9-18-10-8-17-12-18/h4-5,8,10-12H,1-3,6-7,9H2. The van der Waals surface area contributed by atoms with Gasteiger partial charge in [-0.1, -0.05) is 12.1 Å². The van der Waals surface area contributed by atoms with Gasteiger partial charge in [-0.05, 0) is 42.9 Å². The second kappa shape index (κ2) is 5.39. The first kappa shape index (κ1) is 12.2. The van der Waals surface area contributed by atoms with Crippen LogP contribution in [-0.4, -0.2) is 15.3 Å². The molecule has 0 amide bonds. The number of carbonyl (C=O) groups excluding carboxylic acids is 1. The van der Waals surface area contributed by atoms with Gasteiger partial charge in [0.25, 0.3) is 0 Å². The van der Waals surface area contributed by atoms with Gasteiger partial charge in [-0.3, -0.25) is 4.79 Å². The minimum absolute atomic E-state index is 0.315. The first-order chi connectivity index (χ1) is 9.33. The summed E-state index contributed by atoms with van der Waals surface area (Å²) in [6.07, 6.45) is 10.6. The highest BCUT2D eigenvalue weighted by molar-refractivity contribution is 6.00. The quantitative estimate of drug-likeness (QED) is 0.769. The molecule has 0 radical (unpaired) electrons. The highest BCUT2D eigenvalue weighted by Gasteiger charge is 2.18. The zero-order valence-corrected chi connectivity index (χ0v) is 11.0. The van der Waals surface area contributed by atoms with Crippen molar-refractivity contribution in [2.75, 3.05) is 0 Å². The number of Topliss-reactive ketones (excluding diaryl/α,β-unsaturated/α-hetero) is 1.